The molecule has 0 bridgehead atoms. The van der Waals surface area contributed by atoms with Gasteiger partial charge in [0.05, 0.1) is 5.69 Å². The Labute approximate surface area is 124 Å². The van der Waals surface area contributed by atoms with Crippen LogP contribution in [0.4, 0.5) is 0 Å². The molecule has 20 heavy (non-hydrogen) atoms. The van der Waals surface area contributed by atoms with E-state index in [1.807, 2.05) is 11.3 Å². The lowest BCUT2D eigenvalue weighted by molar-refractivity contribution is 0.501. The van der Waals surface area contributed by atoms with Gasteiger partial charge in [-0.3, -0.25) is 0 Å². The maximum absolute atomic E-state index is 4.92. The van der Waals surface area contributed by atoms with Gasteiger partial charge < -0.3 is 5.32 Å². The number of nitrogens with one attached hydrogen (secondary N) is 1. The molecule has 1 aromatic carbocycles. The van der Waals surface area contributed by atoms with E-state index >= 15 is 0 Å². The molecule has 3 heteroatoms. The van der Waals surface area contributed by atoms with Gasteiger partial charge in [-0.15, -0.1) is 11.3 Å². The Bertz CT molecular complexity index is 628. The molecule has 1 unspecified atom stereocenters. The number of hydrogen-bond donors (Lipinski definition) is 1. The van der Waals surface area contributed by atoms with E-state index in [0.29, 0.717) is 6.04 Å². The normalized spacial score (nSPS) is 21.8. The third kappa shape index (κ3) is 2.19. The van der Waals surface area contributed by atoms with Gasteiger partial charge in [-0.2, -0.15) is 0 Å². The maximum Gasteiger partial charge on any atom is 0.123 e. The van der Waals surface area contributed by atoms with Crippen LogP contribution in [0.3, 0.4) is 0 Å². The highest BCUT2D eigenvalue weighted by molar-refractivity contribution is 7.15. The molecule has 1 fully saturated rings. The quantitative estimate of drug-likeness (QED) is 0.909. The van der Waals surface area contributed by atoms with Gasteiger partial charge in [-0.1, -0.05) is 18.2 Å². The minimum absolute atomic E-state index is 0.511. The van der Waals surface area contributed by atoms with Crippen LogP contribution in [0, 0.1) is 0 Å². The predicted molar refractivity (Wildman–Crippen MR) is 84.3 cm³/mol. The van der Waals surface area contributed by atoms with Crippen molar-refractivity contribution in [2.45, 2.75) is 44.1 Å². The highest BCUT2D eigenvalue weighted by Gasteiger charge is 2.25. The molecular weight excluding hydrogens is 264 g/mol. The molecule has 104 valence electrons. The van der Waals surface area contributed by atoms with Crippen molar-refractivity contribution in [3.63, 3.8) is 0 Å². The van der Waals surface area contributed by atoms with Gasteiger partial charge in [0.1, 0.15) is 5.01 Å². The second-order valence-electron chi connectivity index (χ2n) is 5.96. The van der Waals surface area contributed by atoms with Crippen molar-refractivity contribution in [1.29, 1.82) is 0 Å². The van der Waals surface area contributed by atoms with Crippen molar-refractivity contribution in [2.24, 2.45) is 0 Å². The lowest BCUT2D eigenvalue weighted by Crippen LogP contribution is -2.19. The molecule has 0 saturated heterocycles. The first kappa shape index (κ1) is 12.5. The fourth-order valence-corrected chi connectivity index (χ4v) is 4.41. The molecule has 1 N–H and O–H groups in total. The topological polar surface area (TPSA) is 24.9 Å². The molecule has 4 rings (SSSR count). The Balaban J connectivity index is 1.72. The molecule has 0 aliphatic heterocycles. The fraction of sp³-hybridized carbons (Fsp3) is 0.471. The van der Waals surface area contributed by atoms with Gasteiger partial charge in [0.15, 0.2) is 0 Å². The highest BCUT2D eigenvalue weighted by atomic mass is 32.1. The van der Waals surface area contributed by atoms with Crippen LogP contribution in [-0.2, 0) is 6.42 Å². The molecule has 1 aromatic heterocycles. The molecule has 0 amide bonds. The Morgan fingerprint density at radius 1 is 1.25 bits per heavy atom. The summed E-state index contributed by atoms with van der Waals surface area (Å²) in [6.45, 7) is 0. The summed E-state index contributed by atoms with van der Waals surface area (Å²) in [6.07, 6.45) is 6.36. The lowest BCUT2D eigenvalue weighted by Gasteiger charge is -2.19. The summed E-state index contributed by atoms with van der Waals surface area (Å²) < 4.78 is 0. The van der Waals surface area contributed by atoms with E-state index in [1.165, 1.54) is 52.4 Å². The first-order valence-electron chi connectivity index (χ1n) is 7.62. The van der Waals surface area contributed by atoms with Crippen molar-refractivity contribution in [3.8, 4) is 10.6 Å². The summed E-state index contributed by atoms with van der Waals surface area (Å²) >= 11 is 1.89. The Morgan fingerprint density at radius 2 is 2.15 bits per heavy atom. The third-order valence-electron chi connectivity index (χ3n) is 4.48. The monoisotopic (exact) mass is 284 g/mol. The van der Waals surface area contributed by atoms with E-state index in [4.69, 9.17) is 4.98 Å². The van der Waals surface area contributed by atoms with Crippen molar-refractivity contribution in [3.05, 3.63) is 40.4 Å². The minimum atomic E-state index is 0.511. The average Bonchev–Trinajstić information content (AvgIpc) is 3.25. The van der Waals surface area contributed by atoms with E-state index in [9.17, 15) is 0 Å². The second kappa shape index (κ2) is 4.97. The van der Waals surface area contributed by atoms with Crippen LogP contribution >= 0.6 is 11.3 Å². The Morgan fingerprint density at radius 3 is 2.95 bits per heavy atom. The lowest BCUT2D eigenvalue weighted by atomic mass is 9.98. The summed E-state index contributed by atoms with van der Waals surface area (Å²) in [4.78, 5) is 6.38. The molecule has 2 aromatic rings. The molecule has 0 radical (unpaired) electrons. The van der Waals surface area contributed by atoms with Crippen LogP contribution < -0.4 is 5.32 Å². The molecule has 0 spiro atoms. The number of aromatic nitrogens is 1. The van der Waals surface area contributed by atoms with Crippen LogP contribution in [0.25, 0.3) is 10.6 Å². The number of benzene rings is 1. The van der Waals surface area contributed by atoms with Crippen molar-refractivity contribution < 1.29 is 0 Å². The Hall–Kier alpha value is -1.19. The maximum atomic E-state index is 4.92. The van der Waals surface area contributed by atoms with Gasteiger partial charge in [-0.25, -0.2) is 4.98 Å². The highest BCUT2D eigenvalue weighted by Crippen LogP contribution is 2.42. The zero-order valence-corrected chi connectivity index (χ0v) is 12.7. The van der Waals surface area contributed by atoms with Crippen LogP contribution in [0.5, 0.6) is 0 Å². The van der Waals surface area contributed by atoms with Crippen molar-refractivity contribution in [1.82, 2.24) is 10.3 Å². The molecular formula is C17H20N2S. The zero-order chi connectivity index (χ0) is 13.5. The standard InChI is InChI=1S/C17H20N2S/c1-18-14-6-3-7-15-16(14)20-17(19-15)13-5-2-4-12(10-13)11-8-9-11/h2,4-5,10-11,14,18H,3,6-9H2,1H3. The largest absolute Gasteiger partial charge is 0.312 e. The number of rotatable bonds is 3. The number of fused-ring (bicyclic) bond motifs is 1. The van der Waals surface area contributed by atoms with E-state index in [2.05, 4.69) is 36.6 Å². The summed E-state index contributed by atoms with van der Waals surface area (Å²) in [5.41, 5.74) is 4.14. The van der Waals surface area contributed by atoms with Crippen LogP contribution in [0.2, 0.25) is 0 Å². The number of hydrogen-bond acceptors (Lipinski definition) is 3. The summed E-state index contributed by atoms with van der Waals surface area (Å²) in [5.74, 6) is 0.814. The first-order chi connectivity index (χ1) is 9.85. The van der Waals surface area contributed by atoms with Crippen molar-refractivity contribution in [2.75, 3.05) is 7.05 Å². The first-order valence-corrected chi connectivity index (χ1v) is 8.44. The molecule has 1 heterocycles. The second-order valence-corrected chi connectivity index (χ2v) is 6.99. The van der Waals surface area contributed by atoms with Crippen molar-refractivity contribution >= 4 is 11.3 Å². The van der Waals surface area contributed by atoms with E-state index in [0.717, 1.165) is 12.3 Å². The van der Waals surface area contributed by atoms with Crippen LogP contribution in [-0.4, -0.2) is 12.0 Å². The minimum Gasteiger partial charge on any atom is -0.312 e. The number of nitrogens with zero attached hydrogens (tertiary/aromatic N) is 1. The molecule has 1 saturated carbocycles. The van der Waals surface area contributed by atoms with E-state index in [-0.39, 0.29) is 0 Å². The van der Waals surface area contributed by atoms with Gasteiger partial charge in [0.25, 0.3) is 0 Å². The van der Waals surface area contributed by atoms with Crippen LogP contribution in [0.1, 0.15) is 53.8 Å². The molecule has 2 aliphatic carbocycles. The van der Waals surface area contributed by atoms with Gasteiger partial charge in [0.2, 0.25) is 0 Å². The number of thiazole rings is 1. The summed E-state index contributed by atoms with van der Waals surface area (Å²) in [7, 11) is 2.06. The fourth-order valence-electron chi connectivity index (χ4n) is 3.16. The average molecular weight is 284 g/mol. The van der Waals surface area contributed by atoms with E-state index in [1.54, 1.807) is 0 Å². The van der Waals surface area contributed by atoms with Gasteiger partial charge in [0, 0.05) is 16.5 Å². The third-order valence-corrected chi connectivity index (χ3v) is 5.74. The summed E-state index contributed by atoms with van der Waals surface area (Å²) in [5, 5.41) is 4.64. The van der Waals surface area contributed by atoms with E-state index < -0.39 is 0 Å². The predicted octanol–water partition coefficient (Wildman–Crippen LogP) is 4.28. The zero-order valence-electron chi connectivity index (χ0n) is 11.9. The van der Waals surface area contributed by atoms with Gasteiger partial charge in [-0.05, 0) is 56.7 Å². The Kier molecular flexibility index (Phi) is 3.12. The SMILES string of the molecule is CNC1CCCc2nc(-c3cccc(C4CC4)c3)sc21. The molecule has 2 aliphatic rings. The number of aryl methyl sites for hydroxylation is 1. The van der Waals surface area contributed by atoms with Crippen LogP contribution in [0.15, 0.2) is 24.3 Å². The molecule has 2 nitrogen and oxygen atoms in total. The smallest absolute Gasteiger partial charge is 0.123 e. The summed E-state index contributed by atoms with van der Waals surface area (Å²) in [6, 6.07) is 9.54. The molecule has 1 atom stereocenters. The van der Waals surface area contributed by atoms with Gasteiger partial charge >= 0.3 is 0 Å².